The molecule has 0 aliphatic heterocycles. The predicted octanol–water partition coefficient (Wildman–Crippen LogP) is 5.49. The van der Waals surface area contributed by atoms with Gasteiger partial charge in [0.05, 0.1) is 5.69 Å². The highest BCUT2D eigenvalue weighted by atomic mass is 16.1. The largest absolute Gasteiger partial charge is 0.356 e. The molecule has 0 spiro atoms. The van der Waals surface area contributed by atoms with Crippen molar-refractivity contribution in [1.29, 1.82) is 0 Å². The van der Waals surface area contributed by atoms with Gasteiger partial charge in [-0.25, -0.2) is 9.97 Å². The third kappa shape index (κ3) is 5.44. The number of rotatable bonds is 8. The maximum atomic E-state index is 12.3. The first-order chi connectivity index (χ1) is 14.5. The molecule has 3 rings (SSSR count). The molecule has 162 valence electrons. The molecule has 0 unspecified atom stereocenters. The highest BCUT2D eigenvalue weighted by Gasteiger charge is 2.27. The van der Waals surface area contributed by atoms with Crippen LogP contribution < -0.4 is 5.32 Å². The van der Waals surface area contributed by atoms with Crippen LogP contribution in [0, 0.1) is 11.8 Å². The average molecular weight is 409 g/mol. The van der Waals surface area contributed by atoms with Crippen LogP contribution in [0.2, 0.25) is 0 Å². The van der Waals surface area contributed by atoms with Gasteiger partial charge < -0.3 is 5.32 Å². The molecule has 0 saturated heterocycles. The van der Waals surface area contributed by atoms with E-state index in [-0.39, 0.29) is 11.8 Å². The molecular weight excluding hydrogens is 372 g/mol. The van der Waals surface area contributed by atoms with Crippen LogP contribution in [0.4, 0.5) is 0 Å². The van der Waals surface area contributed by atoms with Gasteiger partial charge in [0.15, 0.2) is 0 Å². The molecule has 1 fully saturated rings. The summed E-state index contributed by atoms with van der Waals surface area (Å²) in [5, 5.41) is 3.20. The standard InChI is InChI=1S/C25H36N4O/c1-5-19(6-2)25(30)28-15-18-7-9-21(10-8-18)23-22(20-11-13-26-14-12-20)16-27-24(29-23)17(3)4/h11-14,16-19,21H,5-10,15H2,1-4H3,(H,28,30). The summed E-state index contributed by atoms with van der Waals surface area (Å²) in [4.78, 5) is 26.1. The van der Waals surface area contributed by atoms with Crippen molar-refractivity contribution in [2.24, 2.45) is 11.8 Å². The Morgan fingerprint density at radius 1 is 1.10 bits per heavy atom. The summed E-state index contributed by atoms with van der Waals surface area (Å²) in [5.41, 5.74) is 3.45. The lowest BCUT2D eigenvalue weighted by atomic mass is 9.79. The third-order valence-electron chi connectivity index (χ3n) is 6.50. The Morgan fingerprint density at radius 2 is 1.77 bits per heavy atom. The Kier molecular flexibility index (Phi) is 7.94. The number of hydrogen-bond acceptors (Lipinski definition) is 4. The lowest BCUT2D eigenvalue weighted by Crippen LogP contribution is -2.35. The number of pyridine rings is 1. The van der Waals surface area contributed by atoms with Crippen LogP contribution >= 0.6 is 0 Å². The SMILES string of the molecule is CCC(CC)C(=O)NCC1CCC(c2nc(C(C)C)ncc2-c2ccncc2)CC1. The molecule has 2 heterocycles. The van der Waals surface area contributed by atoms with E-state index in [2.05, 4.69) is 43.0 Å². The first-order valence-electron chi connectivity index (χ1n) is 11.6. The highest BCUT2D eigenvalue weighted by Crippen LogP contribution is 2.39. The number of nitrogens with one attached hydrogen (secondary N) is 1. The van der Waals surface area contributed by atoms with E-state index in [0.717, 1.165) is 62.0 Å². The normalized spacial score (nSPS) is 19.3. The van der Waals surface area contributed by atoms with E-state index < -0.39 is 0 Å². The zero-order valence-corrected chi connectivity index (χ0v) is 18.9. The Bertz CT molecular complexity index is 809. The summed E-state index contributed by atoms with van der Waals surface area (Å²) >= 11 is 0. The van der Waals surface area contributed by atoms with Crippen molar-refractivity contribution >= 4 is 5.91 Å². The second kappa shape index (κ2) is 10.6. The van der Waals surface area contributed by atoms with Crippen LogP contribution in [0.3, 0.4) is 0 Å². The van der Waals surface area contributed by atoms with Crippen molar-refractivity contribution in [3.63, 3.8) is 0 Å². The van der Waals surface area contributed by atoms with Crippen molar-refractivity contribution < 1.29 is 4.79 Å². The summed E-state index contributed by atoms with van der Waals surface area (Å²) in [5.74, 6) is 2.61. The van der Waals surface area contributed by atoms with Gasteiger partial charge in [0.25, 0.3) is 0 Å². The topological polar surface area (TPSA) is 67.8 Å². The molecule has 0 radical (unpaired) electrons. The van der Waals surface area contributed by atoms with Crippen molar-refractivity contribution in [2.45, 2.75) is 78.1 Å². The molecule has 0 atom stereocenters. The van der Waals surface area contributed by atoms with E-state index >= 15 is 0 Å². The third-order valence-corrected chi connectivity index (χ3v) is 6.50. The van der Waals surface area contributed by atoms with Crippen LogP contribution in [0.1, 0.15) is 89.6 Å². The minimum Gasteiger partial charge on any atom is -0.356 e. The number of carbonyl (C=O) groups excluding carboxylic acids is 1. The first-order valence-corrected chi connectivity index (χ1v) is 11.6. The first kappa shape index (κ1) is 22.4. The van der Waals surface area contributed by atoms with E-state index in [1.807, 2.05) is 30.7 Å². The summed E-state index contributed by atoms with van der Waals surface area (Å²) in [6.45, 7) is 9.27. The van der Waals surface area contributed by atoms with E-state index in [0.29, 0.717) is 17.8 Å². The smallest absolute Gasteiger partial charge is 0.223 e. The fraction of sp³-hybridized carbons (Fsp3) is 0.600. The van der Waals surface area contributed by atoms with Crippen LogP contribution in [0.5, 0.6) is 0 Å². The fourth-order valence-corrected chi connectivity index (χ4v) is 4.44. The predicted molar refractivity (Wildman–Crippen MR) is 121 cm³/mol. The van der Waals surface area contributed by atoms with Gasteiger partial charge in [0, 0.05) is 48.5 Å². The molecule has 5 nitrogen and oxygen atoms in total. The zero-order chi connectivity index (χ0) is 21.5. The highest BCUT2D eigenvalue weighted by molar-refractivity contribution is 5.78. The summed E-state index contributed by atoms with van der Waals surface area (Å²) in [7, 11) is 0. The monoisotopic (exact) mass is 408 g/mol. The second-order valence-electron chi connectivity index (χ2n) is 8.89. The Morgan fingerprint density at radius 3 is 2.37 bits per heavy atom. The van der Waals surface area contributed by atoms with E-state index in [1.165, 1.54) is 5.69 Å². The molecule has 1 saturated carbocycles. The Balaban J connectivity index is 1.69. The van der Waals surface area contributed by atoms with E-state index in [9.17, 15) is 4.79 Å². The van der Waals surface area contributed by atoms with E-state index in [4.69, 9.17) is 4.98 Å². The quantitative estimate of drug-likeness (QED) is 0.627. The maximum Gasteiger partial charge on any atom is 0.223 e. The molecule has 1 amide bonds. The van der Waals surface area contributed by atoms with E-state index in [1.54, 1.807) is 0 Å². The molecule has 30 heavy (non-hydrogen) atoms. The Labute approximate surface area is 181 Å². The van der Waals surface area contributed by atoms with Gasteiger partial charge in [-0.05, 0) is 62.1 Å². The van der Waals surface area contributed by atoms with Crippen LogP contribution in [0.25, 0.3) is 11.1 Å². The van der Waals surface area contributed by atoms with Crippen LogP contribution in [0.15, 0.2) is 30.7 Å². The number of amides is 1. The molecule has 0 aromatic carbocycles. The molecular formula is C25H36N4O. The molecule has 5 heteroatoms. The number of hydrogen-bond donors (Lipinski definition) is 1. The Hall–Kier alpha value is -2.30. The van der Waals surface area contributed by atoms with Crippen molar-refractivity contribution in [1.82, 2.24) is 20.3 Å². The average Bonchev–Trinajstić information content (AvgIpc) is 2.79. The van der Waals surface area contributed by atoms with Gasteiger partial charge in [-0.3, -0.25) is 9.78 Å². The zero-order valence-electron chi connectivity index (χ0n) is 18.9. The molecule has 1 aliphatic rings. The van der Waals surface area contributed by atoms with Gasteiger partial charge in [-0.1, -0.05) is 27.7 Å². The van der Waals surface area contributed by atoms with Crippen molar-refractivity contribution in [3.8, 4) is 11.1 Å². The molecule has 0 bridgehead atoms. The lowest BCUT2D eigenvalue weighted by Gasteiger charge is -2.30. The van der Waals surface area contributed by atoms with Crippen molar-refractivity contribution in [2.75, 3.05) is 6.54 Å². The van der Waals surface area contributed by atoms with Crippen LogP contribution in [-0.2, 0) is 4.79 Å². The summed E-state index contributed by atoms with van der Waals surface area (Å²) < 4.78 is 0. The van der Waals surface area contributed by atoms with Gasteiger partial charge in [0.2, 0.25) is 5.91 Å². The number of carbonyl (C=O) groups is 1. The fourth-order valence-electron chi connectivity index (χ4n) is 4.44. The van der Waals surface area contributed by atoms with Gasteiger partial charge in [-0.15, -0.1) is 0 Å². The molecule has 2 aromatic heterocycles. The summed E-state index contributed by atoms with van der Waals surface area (Å²) in [6, 6.07) is 4.08. The van der Waals surface area contributed by atoms with Crippen LogP contribution in [-0.4, -0.2) is 27.4 Å². The summed E-state index contributed by atoms with van der Waals surface area (Å²) in [6.07, 6.45) is 12.0. The minimum absolute atomic E-state index is 0.153. The number of aromatic nitrogens is 3. The molecule has 1 N–H and O–H groups in total. The minimum atomic E-state index is 0.153. The number of nitrogens with zero attached hydrogens (tertiary/aromatic N) is 3. The maximum absolute atomic E-state index is 12.3. The van der Waals surface area contributed by atoms with Gasteiger partial charge in [0.1, 0.15) is 5.82 Å². The van der Waals surface area contributed by atoms with Gasteiger partial charge in [-0.2, -0.15) is 0 Å². The molecule has 2 aromatic rings. The van der Waals surface area contributed by atoms with Crippen molar-refractivity contribution in [3.05, 3.63) is 42.2 Å². The molecule has 1 aliphatic carbocycles. The lowest BCUT2D eigenvalue weighted by molar-refractivity contribution is -0.125. The second-order valence-corrected chi connectivity index (χ2v) is 8.89. The van der Waals surface area contributed by atoms with Gasteiger partial charge >= 0.3 is 0 Å².